The second-order valence-corrected chi connectivity index (χ2v) is 1.62. The maximum absolute atomic E-state index is 9.15. The summed E-state index contributed by atoms with van der Waals surface area (Å²) >= 11 is 0. The van der Waals surface area contributed by atoms with Crippen molar-refractivity contribution in [2.24, 2.45) is 0 Å². The number of rotatable bonds is 0. The molecule has 1 N–H and O–H groups in total. The topological polar surface area (TPSA) is 46.5 Å². The van der Waals surface area contributed by atoms with Crippen molar-refractivity contribution in [3.05, 3.63) is 36.4 Å². The molecule has 0 bridgehead atoms. The molecule has 0 amide bonds. The van der Waals surface area contributed by atoms with E-state index >= 15 is 0 Å². The molecule has 0 spiro atoms. The van der Waals surface area contributed by atoms with Crippen LogP contribution in [0.25, 0.3) is 0 Å². The first-order valence-corrected chi connectivity index (χ1v) is 3.04. The molecule has 0 heterocycles. The summed E-state index contributed by atoms with van der Waals surface area (Å²) < 4.78 is 3.67. The van der Waals surface area contributed by atoms with Crippen LogP contribution in [0.2, 0.25) is 0 Å². The summed E-state index contributed by atoms with van der Waals surface area (Å²) in [4.78, 5) is 9.15. The molecule has 11 heavy (non-hydrogen) atoms. The Morgan fingerprint density at radius 2 is 1.27 bits per heavy atom. The van der Waals surface area contributed by atoms with Gasteiger partial charge in [0.2, 0.25) is 0 Å². The quantitative estimate of drug-likeness (QED) is 0.581. The van der Waals surface area contributed by atoms with Gasteiger partial charge in [0, 0.05) is 0 Å². The predicted molar refractivity (Wildman–Crippen MR) is 41.5 cm³/mol. The van der Waals surface area contributed by atoms with Crippen LogP contribution in [0.15, 0.2) is 36.4 Å². The number of ether oxygens (including phenoxy) is 1. The van der Waals surface area contributed by atoms with E-state index < -0.39 is 6.16 Å². The summed E-state index contributed by atoms with van der Waals surface area (Å²) in [6.07, 6.45) is -1.25. The molecule has 0 aromatic heterocycles. The maximum atomic E-state index is 9.15. The summed E-state index contributed by atoms with van der Waals surface area (Å²) in [5, 5.41) is 7.50. The lowest BCUT2D eigenvalue weighted by Crippen LogP contribution is -1.91. The van der Waals surface area contributed by atoms with Crippen LogP contribution >= 0.6 is 0 Å². The minimum atomic E-state index is -1.25. The first kappa shape index (κ1) is 9.49. The molecular formula is C8H10O3. The van der Waals surface area contributed by atoms with Gasteiger partial charge in [-0.1, -0.05) is 36.4 Å². The van der Waals surface area contributed by atoms with Crippen molar-refractivity contribution in [3.63, 3.8) is 0 Å². The van der Waals surface area contributed by atoms with Crippen LogP contribution in [-0.2, 0) is 4.74 Å². The Morgan fingerprint density at radius 3 is 1.36 bits per heavy atom. The van der Waals surface area contributed by atoms with Gasteiger partial charge in [0.15, 0.2) is 0 Å². The highest BCUT2D eigenvalue weighted by molar-refractivity contribution is 5.56. The molecule has 1 aromatic carbocycles. The lowest BCUT2D eigenvalue weighted by atomic mass is 10.4. The molecule has 1 rings (SSSR count). The zero-order valence-electron chi connectivity index (χ0n) is 6.23. The van der Waals surface area contributed by atoms with E-state index in [1.807, 2.05) is 36.4 Å². The summed E-state index contributed by atoms with van der Waals surface area (Å²) in [5.74, 6) is 0. The average molecular weight is 154 g/mol. The predicted octanol–water partition coefficient (Wildman–Crippen LogP) is 2.00. The zero-order chi connectivity index (χ0) is 8.53. The van der Waals surface area contributed by atoms with Gasteiger partial charge in [-0.2, -0.15) is 0 Å². The molecule has 0 aliphatic heterocycles. The fraction of sp³-hybridized carbons (Fsp3) is 0.125. The average Bonchev–Trinajstić information content (AvgIpc) is 2.09. The Hall–Kier alpha value is -1.51. The molecule has 0 aliphatic carbocycles. The molecule has 0 saturated heterocycles. The van der Waals surface area contributed by atoms with E-state index in [2.05, 4.69) is 4.74 Å². The second kappa shape index (κ2) is 6.61. The third-order valence-corrected chi connectivity index (χ3v) is 0.841. The summed E-state index contributed by atoms with van der Waals surface area (Å²) in [6, 6.07) is 12.0. The van der Waals surface area contributed by atoms with E-state index in [1.165, 1.54) is 0 Å². The first-order valence-electron chi connectivity index (χ1n) is 3.04. The highest BCUT2D eigenvalue weighted by atomic mass is 16.6. The number of methoxy groups -OCH3 is 1. The Morgan fingerprint density at radius 1 is 1.09 bits per heavy atom. The monoisotopic (exact) mass is 154 g/mol. The molecule has 3 heteroatoms. The van der Waals surface area contributed by atoms with Gasteiger partial charge in [-0.15, -0.1) is 0 Å². The molecule has 0 fully saturated rings. The Balaban J connectivity index is 0.000000187. The van der Waals surface area contributed by atoms with Crippen LogP contribution in [0.3, 0.4) is 0 Å². The SMILES string of the molecule is COC(=O)O.c1ccccc1. The number of carbonyl (C=O) groups is 1. The smallest absolute Gasteiger partial charge is 0.450 e. The van der Waals surface area contributed by atoms with Gasteiger partial charge in [0.05, 0.1) is 7.11 Å². The first-order chi connectivity index (χ1) is 5.27. The van der Waals surface area contributed by atoms with Gasteiger partial charge in [-0.25, -0.2) is 4.79 Å². The fourth-order valence-electron chi connectivity index (χ4n) is 0.385. The van der Waals surface area contributed by atoms with Crippen molar-refractivity contribution < 1.29 is 14.6 Å². The lowest BCUT2D eigenvalue weighted by Gasteiger charge is -1.79. The van der Waals surface area contributed by atoms with E-state index in [0.717, 1.165) is 7.11 Å². The third kappa shape index (κ3) is 8.49. The summed E-state index contributed by atoms with van der Waals surface area (Å²) in [5.41, 5.74) is 0. The van der Waals surface area contributed by atoms with E-state index in [9.17, 15) is 0 Å². The molecule has 0 atom stereocenters. The number of benzene rings is 1. The van der Waals surface area contributed by atoms with Crippen LogP contribution in [0.5, 0.6) is 0 Å². The minimum absolute atomic E-state index is 1.10. The van der Waals surface area contributed by atoms with Gasteiger partial charge in [0.1, 0.15) is 0 Å². The molecular weight excluding hydrogens is 144 g/mol. The van der Waals surface area contributed by atoms with Gasteiger partial charge in [0.25, 0.3) is 0 Å². The lowest BCUT2D eigenvalue weighted by molar-refractivity contribution is 0.114. The van der Waals surface area contributed by atoms with Crippen molar-refractivity contribution in [3.8, 4) is 0 Å². The second-order valence-electron chi connectivity index (χ2n) is 1.62. The number of hydrogen-bond donors (Lipinski definition) is 1. The Kier molecular flexibility index (Phi) is 5.70. The third-order valence-electron chi connectivity index (χ3n) is 0.841. The normalized spacial score (nSPS) is 7.36. The van der Waals surface area contributed by atoms with Crippen LogP contribution in [-0.4, -0.2) is 18.4 Å². The van der Waals surface area contributed by atoms with Crippen LogP contribution in [0.4, 0.5) is 4.79 Å². The van der Waals surface area contributed by atoms with Crippen LogP contribution < -0.4 is 0 Å². The number of carboxylic acid groups (broad SMARTS) is 1. The van der Waals surface area contributed by atoms with Crippen molar-refractivity contribution in [2.75, 3.05) is 7.11 Å². The standard InChI is InChI=1S/C6H6.C2H4O3/c1-2-4-6-5-3-1;1-5-2(3)4/h1-6H;1H3,(H,3,4). The molecule has 3 nitrogen and oxygen atoms in total. The maximum Gasteiger partial charge on any atom is 0.505 e. The molecule has 1 aromatic rings. The van der Waals surface area contributed by atoms with Crippen molar-refractivity contribution >= 4 is 6.16 Å². The fourth-order valence-corrected chi connectivity index (χ4v) is 0.385. The molecule has 0 radical (unpaired) electrons. The van der Waals surface area contributed by atoms with E-state index in [-0.39, 0.29) is 0 Å². The highest BCUT2D eigenvalue weighted by Gasteiger charge is 1.80. The highest BCUT2D eigenvalue weighted by Crippen LogP contribution is 1.79. The minimum Gasteiger partial charge on any atom is -0.450 e. The Labute approximate surface area is 65.2 Å². The van der Waals surface area contributed by atoms with Gasteiger partial charge in [-0.05, 0) is 0 Å². The van der Waals surface area contributed by atoms with E-state index in [0.29, 0.717) is 0 Å². The molecule has 0 unspecified atom stereocenters. The van der Waals surface area contributed by atoms with Crippen molar-refractivity contribution in [2.45, 2.75) is 0 Å². The zero-order valence-corrected chi connectivity index (χ0v) is 6.23. The van der Waals surface area contributed by atoms with Gasteiger partial charge >= 0.3 is 6.16 Å². The molecule has 0 saturated carbocycles. The van der Waals surface area contributed by atoms with Gasteiger partial charge in [-0.3, -0.25) is 0 Å². The summed E-state index contributed by atoms with van der Waals surface area (Å²) in [7, 11) is 1.10. The van der Waals surface area contributed by atoms with Crippen LogP contribution in [0.1, 0.15) is 0 Å². The van der Waals surface area contributed by atoms with E-state index in [4.69, 9.17) is 9.90 Å². The molecule has 0 aliphatic rings. The number of hydrogen-bond acceptors (Lipinski definition) is 2. The largest absolute Gasteiger partial charge is 0.505 e. The van der Waals surface area contributed by atoms with Gasteiger partial charge < -0.3 is 9.84 Å². The Bertz CT molecular complexity index is 157. The van der Waals surface area contributed by atoms with Crippen molar-refractivity contribution in [1.29, 1.82) is 0 Å². The van der Waals surface area contributed by atoms with Crippen LogP contribution in [0, 0.1) is 0 Å². The van der Waals surface area contributed by atoms with Crippen molar-refractivity contribution in [1.82, 2.24) is 0 Å². The van der Waals surface area contributed by atoms with E-state index in [1.54, 1.807) is 0 Å². The summed E-state index contributed by atoms with van der Waals surface area (Å²) in [6.45, 7) is 0. The molecule has 60 valence electrons.